The van der Waals surface area contributed by atoms with Gasteiger partial charge < -0.3 is 16.0 Å². The first kappa shape index (κ1) is 27.7. The summed E-state index contributed by atoms with van der Waals surface area (Å²) in [6, 6.07) is 14.4. The maximum atomic E-state index is 12.2. The highest BCUT2D eigenvalue weighted by molar-refractivity contribution is 14.1. The number of rotatable bonds is 1. The lowest BCUT2D eigenvalue weighted by molar-refractivity contribution is 0.588. The number of hydrogen-bond donors (Lipinski definition) is 2. The van der Waals surface area contributed by atoms with Crippen LogP contribution in [-0.2, 0) is 9.13 Å². The molecule has 0 saturated carbocycles. The van der Waals surface area contributed by atoms with Crippen LogP contribution in [0.3, 0.4) is 0 Å². The summed E-state index contributed by atoms with van der Waals surface area (Å²) in [5, 5.41) is 3.48. The van der Waals surface area contributed by atoms with Crippen molar-refractivity contribution in [2.24, 2.45) is 0 Å². The van der Waals surface area contributed by atoms with Crippen molar-refractivity contribution in [3.8, 4) is 0 Å². The normalized spacial score (nSPS) is 10.8. The van der Waals surface area contributed by atoms with Crippen LogP contribution in [-0.4, -0.2) is 36.6 Å². The first-order valence-corrected chi connectivity index (χ1v) is 16.1. The fourth-order valence-corrected chi connectivity index (χ4v) is 5.35. The molecule has 0 aliphatic heterocycles. The number of fused-ring (bicyclic) bond motifs is 2. The van der Waals surface area contributed by atoms with Crippen LogP contribution in [0.4, 0.5) is 11.4 Å². The Balaban J connectivity index is 0.000000204. The number of aromatic nitrogens is 2. The van der Waals surface area contributed by atoms with Crippen molar-refractivity contribution in [3.05, 3.63) is 62.4 Å². The van der Waals surface area contributed by atoms with Crippen LogP contribution >= 0.6 is 60.7 Å². The maximum Gasteiger partial charge on any atom is 0.332 e. The van der Waals surface area contributed by atoms with Crippen LogP contribution in [0.25, 0.3) is 21.8 Å². The summed E-state index contributed by atoms with van der Waals surface area (Å²) in [5.41, 5.74) is 14.6. The molecule has 0 saturated heterocycles. The second-order valence-electron chi connectivity index (χ2n) is 7.54. The zero-order valence-electron chi connectivity index (χ0n) is 18.5. The Labute approximate surface area is 217 Å². The fourth-order valence-electron chi connectivity index (χ4n) is 2.94. The van der Waals surface area contributed by atoms with Gasteiger partial charge in [-0.1, -0.05) is 27.8 Å². The molecule has 0 aliphatic rings. The molecule has 33 heavy (non-hydrogen) atoms. The van der Waals surface area contributed by atoms with E-state index in [1.807, 2.05) is 24.3 Å². The van der Waals surface area contributed by atoms with E-state index >= 15 is 0 Å². The topological polar surface area (TPSA) is 112 Å². The average molecular weight is 636 g/mol. The highest BCUT2D eigenvalue weighted by atomic mass is 127. The van der Waals surface area contributed by atoms with E-state index in [4.69, 9.17) is 34.7 Å². The van der Waals surface area contributed by atoms with Gasteiger partial charge in [0.25, 0.3) is 0 Å². The molecule has 0 fully saturated rings. The maximum absolute atomic E-state index is 12.2. The number of pyridine rings is 2. The molecule has 0 radical (unpaired) electrons. The summed E-state index contributed by atoms with van der Waals surface area (Å²) >= 11 is 13.8. The van der Waals surface area contributed by atoms with Gasteiger partial charge in [0.15, 0.2) is 0 Å². The van der Waals surface area contributed by atoms with E-state index in [0.29, 0.717) is 21.3 Å². The van der Waals surface area contributed by atoms with E-state index in [1.54, 1.807) is 50.9 Å². The summed E-state index contributed by atoms with van der Waals surface area (Å²) in [6.07, 6.45) is 0. The smallest absolute Gasteiger partial charge is 0.332 e. The minimum atomic E-state index is -2.42. The van der Waals surface area contributed by atoms with Crippen LogP contribution in [0.2, 0.25) is 10.3 Å². The van der Waals surface area contributed by atoms with Crippen LogP contribution in [0.1, 0.15) is 0 Å². The molecule has 0 bridgehead atoms. The number of benzene rings is 2. The van der Waals surface area contributed by atoms with Crippen molar-refractivity contribution in [2.75, 3.05) is 38.1 Å². The van der Waals surface area contributed by atoms with Gasteiger partial charge in [-0.3, -0.25) is 0 Å². The van der Waals surface area contributed by atoms with Crippen LogP contribution < -0.4 is 16.8 Å². The molecule has 174 valence electrons. The minimum Gasteiger partial charge on any atom is -0.398 e. The number of halogens is 3. The van der Waals surface area contributed by atoms with Gasteiger partial charge in [0.1, 0.15) is 30.8 Å². The molecule has 4 aromatic rings. The summed E-state index contributed by atoms with van der Waals surface area (Å²) in [7, 11) is -3.29. The van der Waals surface area contributed by atoms with E-state index in [2.05, 4.69) is 32.6 Å². The zero-order valence-corrected chi connectivity index (χ0v) is 24.0. The molecule has 2 aromatic heterocycles. The third-order valence-corrected chi connectivity index (χ3v) is 7.38. The predicted octanol–water partition coefficient (Wildman–Crippen LogP) is 6.87. The Morgan fingerprint density at radius 3 is 1.73 bits per heavy atom. The third kappa shape index (κ3) is 7.76. The Morgan fingerprint density at radius 2 is 1.24 bits per heavy atom. The molecular formula is C22H24Cl2IN4O2P2+. The second kappa shape index (κ2) is 11.8. The van der Waals surface area contributed by atoms with Gasteiger partial charge in [-0.25, -0.2) is 9.97 Å². The lowest BCUT2D eigenvalue weighted by atomic mass is 10.2. The van der Waals surface area contributed by atoms with Gasteiger partial charge >= 0.3 is 7.80 Å². The molecule has 0 amide bonds. The molecule has 2 heterocycles. The van der Waals surface area contributed by atoms with Gasteiger partial charge in [0, 0.05) is 31.0 Å². The monoisotopic (exact) mass is 635 g/mol. The summed E-state index contributed by atoms with van der Waals surface area (Å²) in [4.78, 5) is 8.36. The third-order valence-electron chi connectivity index (χ3n) is 4.18. The number of nitrogens with two attached hydrogens (primary N) is 2. The van der Waals surface area contributed by atoms with Crippen LogP contribution in [0.5, 0.6) is 0 Å². The molecule has 2 aromatic carbocycles. The molecule has 0 aliphatic carbocycles. The SMILES string of the molecule is CP(C)(=O)c1c(N)ccc2nc(Cl)ccc12.C[P+](C)=O.Nc1ccc2nc(Cl)ccc2c1I. The Kier molecular flexibility index (Phi) is 9.89. The average Bonchev–Trinajstić information content (AvgIpc) is 2.70. The van der Waals surface area contributed by atoms with Crippen molar-refractivity contribution in [3.63, 3.8) is 0 Å². The number of nitrogen functional groups attached to an aromatic ring is 2. The second-order valence-corrected chi connectivity index (χ2v) is 14.2. The molecule has 0 unspecified atom stereocenters. The largest absolute Gasteiger partial charge is 0.398 e. The molecule has 11 heteroatoms. The minimum absolute atomic E-state index is 0.422. The van der Waals surface area contributed by atoms with Gasteiger partial charge in [-0.05, 0) is 84.5 Å². The Morgan fingerprint density at radius 1 is 0.818 bits per heavy atom. The summed E-state index contributed by atoms with van der Waals surface area (Å²) < 4.78 is 22.8. The molecule has 4 rings (SSSR count). The lowest BCUT2D eigenvalue weighted by Crippen LogP contribution is -2.11. The summed E-state index contributed by atoms with van der Waals surface area (Å²) in [5.74, 6) is 0. The number of nitrogens with zero attached hydrogens (tertiary/aromatic N) is 2. The Hall–Kier alpha value is -1.50. The zero-order chi connectivity index (χ0) is 24.9. The Bertz CT molecular complexity index is 1380. The highest BCUT2D eigenvalue weighted by Gasteiger charge is 2.18. The van der Waals surface area contributed by atoms with Crippen molar-refractivity contribution in [1.82, 2.24) is 9.97 Å². The molecular weight excluding hydrogens is 612 g/mol. The standard InChI is InChI=1S/C11H12ClN2OP.C9H6ClIN2.C2H6OP/c1-16(2,15)11-7-3-6-10(12)14-9(7)5-4-8(11)13;10-8-4-1-5-7(13-8)3-2-6(12)9(5)11;1-4(2)3/h3-6H,13H2,1-2H3;1-4H,12H2;1-2H3/q;;+1. The van der Waals surface area contributed by atoms with E-state index in [0.717, 1.165) is 31.1 Å². The molecule has 4 N–H and O–H groups in total. The molecule has 0 atom stereocenters. The number of hydrogen-bond acceptors (Lipinski definition) is 6. The van der Waals surface area contributed by atoms with Gasteiger partial charge in [-0.2, -0.15) is 0 Å². The van der Waals surface area contributed by atoms with Gasteiger partial charge in [0.2, 0.25) is 0 Å². The van der Waals surface area contributed by atoms with Crippen molar-refractivity contribution in [2.45, 2.75) is 0 Å². The quantitative estimate of drug-likeness (QED) is 0.102. The van der Waals surface area contributed by atoms with E-state index in [1.165, 1.54) is 0 Å². The molecule has 0 spiro atoms. The van der Waals surface area contributed by atoms with Crippen LogP contribution in [0.15, 0.2) is 48.5 Å². The lowest BCUT2D eigenvalue weighted by Gasteiger charge is -2.13. The number of anilines is 2. The van der Waals surface area contributed by atoms with Crippen molar-refractivity contribution >= 4 is 99.2 Å². The van der Waals surface area contributed by atoms with Gasteiger partial charge in [0.05, 0.1) is 11.0 Å². The van der Waals surface area contributed by atoms with E-state index < -0.39 is 14.9 Å². The first-order chi connectivity index (χ1) is 15.3. The van der Waals surface area contributed by atoms with Crippen molar-refractivity contribution < 1.29 is 9.13 Å². The van der Waals surface area contributed by atoms with Crippen LogP contribution in [0, 0.1) is 3.57 Å². The van der Waals surface area contributed by atoms with Crippen molar-refractivity contribution in [1.29, 1.82) is 0 Å². The van der Waals surface area contributed by atoms with E-state index in [9.17, 15) is 9.13 Å². The molecule has 6 nitrogen and oxygen atoms in total. The fraction of sp³-hybridized carbons (Fsp3) is 0.182. The van der Waals surface area contributed by atoms with E-state index in [-0.39, 0.29) is 0 Å². The predicted molar refractivity (Wildman–Crippen MR) is 154 cm³/mol. The first-order valence-electron chi connectivity index (χ1n) is 9.56. The summed E-state index contributed by atoms with van der Waals surface area (Å²) in [6.45, 7) is 6.75. The highest BCUT2D eigenvalue weighted by Crippen LogP contribution is 2.40. The van der Waals surface area contributed by atoms with Gasteiger partial charge in [-0.15, -0.1) is 0 Å².